The molecule has 1 saturated heterocycles. The van der Waals surface area contributed by atoms with Crippen LogP contribution < -0.4 is 4.74 Å². The van der Waals surface area contributed by atoms with Crippen LogP contribution in [0.3, 0.4) is 0 Å². The Balaban J connectivity index is 1.59. The summed E-state index contributed by atoms with van der Waals surface area (Å²) >= 11 is 0. The van der Waals surface area contributed by atoms with Crippen LogP contribution in [0.5, 0.6) is 5.75 Å². The Kier molecular flexibility index (Phi) is 4.69. The molecule has 2 heterocycles. The number of nitrogens with zero attached hydrogens (tertiary/aromatic N) is 3. The van der Waals surface area contributed by atoms with E-state index in [9.17, 15) is 19.1 Å². The van der Waals surface area contributed by atoms with Crippen LogP contribution in [0.2, 0.25) is 0 Å². The summed E-state index contributed by atoms with van der Waals surface area (Å²) in [5.41, 5.74) is -1.09. The van der Waals surface area contributed by atoms with E-state index < -0.39 is 17.3 Å². The average Bonchev–Trinajstić information content (AvgIpc) is 3.15. The van der Waals surface area contributed by atoms with Crippen LogP contribution in [0, 0.1) is 5.82 Å². The first-order chi connectivity index (χ1) is 12.0. The quantitative estimate of drug-likeness (QED) is 0.886. The molecule has 0 aliphatic carbocycles. The number of likely N-dealkylation sites (tertiary alicyclic amines) is 1. The Labute approximate surface area is 143 Å². The van der Waals surface area contributed by atoms with Crippen LogP contribution in [-0.4, -0.2) is 51.1 Å². The molecule has 0 unspecified atom stereocenters. The van der Waals surface area contributed by atoms with Gasteiger partial charge in [-0.2, -0.15) is 0 Å². The average molecular weight is 347 g/mol. The molecule has 0 bridgehead atoms. The van der Waals surface area contributed by atoms with E-state index in [4.69, 9.17) is 4.74 Å². The van der Waals surface area contributed by atoms with Crippen LogP contribution in [0.25, 0.3) is 0 Å². The van der Waals surface area contributed by atoms with Crippen LogP contribution in [0.15, 0.2) is 43.0 Å². The first-order valence-corrected chi connectivity index (χ1v) is 7.89. The fourth-order valence-electron chi connectivity index (χ4n) is 3.01. The van der Waals surface area contributed by atoms with Crippen LogP contribution in [0.1, 0.15) is 12.8 Å². The van der Waals surface area contributed by atoms with Crippen LogP contribution in [-0.2, 0) is 15.1 Å². The number of hydrogen-bond donors (Lipinski definition) is 1. The second-order valence-corrected chi connectivity index (χ2v) is 5.93. The maximum absolute atomic E-state index is 13.1. The van der Waals surface area contributed by atoms with E-state index in [1.807, 2.05) is 0 Å². The summed E-state index contributed by atoms with van der Waals surface area (Å²) in [6.45, 7) is 0.389. The number of carboxylic acid groups (broad SMARTS) is 1. The molecule has 3 rings (SSSR count). The summed E-state index contributed by atoms with van der Waals surface area (Å²) in [6.07, 6.45) is 5.21. The molecular weight excluding hydrogens is 329 g/mol. The van der Waals surface area contributed by atoms with E-state index in [0.717, 1.165) is 0 Å². The second-order valence-electron chi connectivity index (χ2n) is 5.93. The van der Waals surface area contributed by atoms with Gasteiger partial charge < -0.3 is 19.3 Å². The van der Waals surface area contributed by atoms with Gasteiger partial charge in [-0.25, -0.2) is 14.2 Å². The minimum absolute atomic E-state index is 0.214. The van der Waals surface area contributed by atoms with Gasteiger partial charge in [0, 0.05) is 31.5 Å². The number of halogens is 1. The number of carbonyl (C=O) groups excluding carboxylic acids is 1. The van der Waals surface area contributed by atoms with Crippen molar-refractivity contribution in [3.05, 3.63) is 48.8 Å². The molecular formula is C17H18FN3O4. The molecule has 2 aromatic rings. The third-order valence-electron chi connectivity index (χ3n) is 4.50. The van der Waals surface area contributed by atoms with Crippen molar-refractivity contribution in [2.24, 2.45) is 0 Å². The minimum Gasteiger partial charge on any atom is -0.484 e. The van der Waals surface area contributed by atoms with E-state index in [1.54, 1.807) is 21.7 Å². The van der Waals surface area contributed by atoms with E-state index in [2.05, 4.69) is 4.98 Å². The number of rotatable bonds is 5. The van der Waals surface area contributed by atoms with Crippen molar-refractivity contribution < 1.29 is 23.8 Å². The number of aromatic nitrogens is 2. The Hall–Kier alpha value is -2.90. The number of hydrogen-bond acceptors (Lipinski definition) is 4. The lowest BCUT2D eigenvalue weighted by Gasteiger charge is -2.39. The maximum atomic E-state index is 13.1. The molecule has 1 aliphatic rings. The number of carboxylic acids is 1. The Bertz CT molecular complexity index is 755. The summed E-state index contributed by atoms with van der Waals surface area (Å²) in [4.78, 5) is 29.5. The van der Waals surface area contributed by atoms with Crippen molar-refractivity contribution >= 4 is 11.9 Å². The topological polar surface area (TPSA) is 84.7 Å². The summed E-state index contributed by atoms with van der Waals surface area (Å²) in [5, 5.41) is 9.65. The van der Waals surface area contributed by atoms with Gasteiger partial charge in [0.05, 0.1) is 6.33 Å². The van der Waals surface area contributed by atoms with E-state index in [0.29, 0.717) is 13.1 Å². The Morgan fingerprint density at radius 3 is 2.68 bits per heavy atom. The molecule has 0 radical (unpaired) electrons. The molecule has 8 heteroatoms. The SMILES string of the molecule is O=C(COc1cccc(F)c1)N1CCC(C(=O)O)(n2ccnc2)CC1. The van der Waals surface area contributed by atoms with Crippen molar-refractivity contribution in [1.29, 1.82) is 0 Å². The number of benzene rings is 1. The van der Waals surface area contributed by atoms with Gasteiger partial charge in [0.1, 0.15) is 17.1 Å². The van der Waals surface area contributed by atoms with Gasteiger partial charge in [-0.3, -0.25) is 4.79 Å². The fraction of sp³-hybridized carbons (Fsp3) is 0.353. The first-order valence-electron chi connectivity index (χ1n) is 7.89. The summed E-state index contributed by atoms with van der Waals surface area (Å²) in [7, 11) is 0. The lowest BCUT2D eigenvalue weighted by molar-refractivity contribution is -0.153. The van der Waals surface area contributed by atoms with Gasteiger partial charge in [0.25, 0.3) is 5.91 Å². The highest BCUT2D eigenvalue weighted by Crippen LogP contribution is 2.30. The number of piperidine rings is 1. The zero-order valence-corrected chi connectivity index (χ0v) is 13.5. The molecule has 1 N–H and O–H groups in total. The minimum atomic E-state index is -1.09. The molecule has 7 nitrogen and oxygen atoms in total. The van der Waals surface area contributed by atoms with Crippen LogP contribution >= 0.6 is 0 Å². The molecule has 132 valence electrons. The Morgan fingerprint density at radius 2 is 2.08 bits per heavy atom. The van der Waals surface area contributed by atoms with Gasteiger partial charge in [-0.05, 0) is 25.0 Å². The molecule has 1 amide bonds. The van der Waals surface area contributed by atoms with E-state index in [1.165, 1.54) is 30.7 Å². The summed E-state index contributed by atoms with van der Waals surface area (Å²) in [5.74, 6) is -1.35. The third-order valence-corrected chi connectivity index (χ3v) is 4.50. The predicted octanol–water partition coefficient (Wildman–Crippen LogP) is 1.50. The standard InChI is InChI=1S/C17H18FN3O4/c18-13-2-1-3-14(10-13)25-11-15(22)20-7-4-17(5-8-20,16(23)24)21-9-6-19-12-21/h1-3,6,9-10,12H,4-5,7-8,11H2,(H,23,24). The predicted molar refractivity (Wildman–Crippen MR) is 85.5 cm³/mol. The highest BCUT2D eigenvalue weighted by Gasteiger charge is 2.43. The molecule has 1 aromatic heterocycles. The smallest absolute Gasteiger partial charge is 0.330 e. The summed E-state index contributed by atoms with van der Waals surface area (Å²) in [6, 6.07) is 5.57. The molecule has 1 aromatic carbocycles. The van der Waals surface area contributed by atoms with Crippen molar-refractivity contribution in [2.45, 2.75) is 18.4 Å². The number of ether oxygens (including phenoxy) is 1. The highest BCUT2D eigenvalue weighted by molar-refractivity contribution is 5.80. The molecule has 1 fully saturated rings. The van der Waals surface area contributed by atoms with Gasteiger partial charge in [-0.1, -0.05) is 6.07 Å². The zero-order valence-electron chi connectivity index (χ0n) is 13.5. The number of amides is 1. The normalized spacial score (nSPS) is 16.4. The van der Waals surface area contributed by atoms with Gasteiger partial charge in [-0.15, -0.1) is 0 Å². The summed E-state index contributed by atoms with van der Waals surface area (Å²) < 4.78 is 20.0. The van der Waals surface area contributed by atoms with Crippen LogP contribution in [0.4, 0.5) is 4.39 Å². The van der Waals surface area contributed by atoms with Gasteiger partial charge in [0.15, 0.2) is 6.61 Å². The fourth-order valence-corrected chi connectivity index (χ4v) is 3.01. The Morgan fingerprint density at radius 1 is 1.32 bits per heavy atom. The third kappa shape index (κ3) is 3.47. The largest absolute Gasteiger partial charge is 0.484 e. The number of aliphatic carboxylic acids is 1. The molecule has 1 aliphatic heterocycles. The lowest BCUT2D eigenvalue weighted by Crippen LogP contribution is -2.52. The van der Waals surface area contributed by atoms with E-state index in [-0.39, 0.29) is 31.1 Å². The zero-order chi connectivity index (χ0) is 17.9. The second kappa shape index (κ2) is 6.92. The first kappa shape index (κ1) is 16.9. The van der Waals surface area contributed by atoms with Crippen molar-refractivity contribution in [3.63, 3.8) is 0 Å². The molecule has 0 atom stereocenters. The van der Waals surface area contributed by atoms with Crippen molar-refractivity contribution in [3.8, 4) is 5.75 Å². The lowest BCUT2D eigenvalue weighted by atomic mass is 9.87. The van der Waals surface area contributed by atoms with Crippen molar-refractivity contribution in [1.82, 2.24) is 14.5 Å². The van der Waals surface area contributed by atoms with Gasteiger partial charge >= 0.3 is 5.97 Å². The van der Waals surface area contributed by atoms with Gasteiger partial charge in [0.2, 0.25) is 0 Å². The van der Waals surface area contributed by atoms with Crippen molar-refractivity contribution in [2.75, 3.05) is 19.7 Å². The number of carbonyl (C=O) groups is 2. The molecule has 25 heavy (non-hydrogen) atoms. The maximum Gasteiger partial charge on any atom is 0.330 e. The number of imidazole rings is 1. The van der Waals surface area contributed by atoms with E-state index >= 15 is 0 Å². The molecule has 0 spiro atoms. The molecule has 0 saturated carbocycles. The monoisotopic (exact) mass is 347 g/mol. The highest BCUT2D eigenvalue weighted by atomic mass is 19.1.